The predicted molar refractivity (Wildman–Crippen MR) is 70.4 cm³/mol. The van der Waals surface area contributed by atoms with Gasteiger partial charge in [0.1, 0.15) is 5.76 Å². The molecule has 0 saturated heterocycles. The average Bonchev–Trinajstić information content (AvgIpc) is 2.70. The molecule has 18 heavy (non-hydrogen) atoms. The van der Waals surface area contributed by atoms with E-state index in [-0.39, 0.29) is 5.58 Å². The van der Waals surface area contributed by atoms with Gasteiger partial charge >= 0.3 is 0 Å². The maximum Gasteiger partial charge on any atom is 0.201 e. The van der Waals surface area contributed by atoms with Gasteiger partial charge in [0, 0.05) is 9.86 Å². The molecule has 5 heteroatoms. The molecule has 2 aromatic rings. The van der Waals surface area contributed by atoms with Crippen molar-refractivity contribution in [1.82, 2.24) is 5.32 Å². The molecule has 2 nitrogen and oxygen atoms in total. The van der Waals surface area contributed by atoms with Crippen LogP contribution in [-0.2, 0) is 6.54 Å². The second-order valence-electron chi connectivity index (χ2n) is 4.63. The van der Waals surface area contributed by atoms with Gasteiger partial charge in [-0.3, -0.25) is 0 Å². The van der Waals surface area contributed by atoms with Crippen molar-refractivity contribution in [2.45, 2.75) is 20.4 Å². The summed E-state index contributed by atoms with van der Waals surface area (Å²) in [7, 11) is 0. The number of nitrogens with one attached hydrogen (secondary N) is 1. The Morgan fingerprint density at radius 2 is 2.06 bits per heavy atom. The van der Waals surface area contributed by atoms with E-state index in [0.717, 1.165) is 12.6 Å². The second-order valence-corrected chi connectivity index (χ2v) is 5.49. The molecule has 1 heterocycles. The van der Waals surface area contributed by atoms with Gasteiger partial charge in [-0.1, -0.05) is 13.8 Å². The third-order valence-corrected chi connectivity index (χ3v) is 3.21. The maximum absolute atomic E-state index is 13.5. The summed E-state index contributed by atoms with van der Waals surface area (Å²) < 4.78 is 32.6. The molecular formula is C13H14BrF2NO. The summed E-state index contributed by atoms with van der Waals surface area (Å²) in [5, 5.41) is 3.74. The Kier molecular flexibility index (Phi) is 4.02. The Hall–Kier alpha value is -0.940. The van der Waals surface area contributed by atoms with Crippen LogP contribution in [0.5, 0.6) is 0 Å². The maximum atomic E-state index is 13.5. The Labute approximate surface area is 112 Å². The molecule has 0 aliphatic heterocycles. The summed E-state index contributed by atoms with van der Waals surface area (Å²) in [6.45, 7) is 5.53. The number of fused-ring (bicyclic) bond motifs is 1. The number of benzene rings is 1. The molecule has 98 valence electrons. The Morgan fingerprint density at radius 3 is 2.72 bits per heavy atom. The van der Waals surface area contributed by atoms with Gasteiger partial charge in [0.2, 0.25) is 5.82 Å². The molecule has 0 saturated carbocycles. The van der Waals surface area contributed by atoms with Crippen LogP contribution in [0.2, 0.25) is 0 Å². The summed E-state index contributed by atoms with van der Waals surface area (Å²) in [5.74, 6) is -0.736. The first-order chi connectivity index (χ1) is 8.49. The quantitative estimate of drug-likeness (QED) is 0.854. The Bertz CT molecular complexity index is 566. The molecule has 0 spiro atoms. The molecule has 0 atom stereocenters. The van der Waals surface area contributed by atoms with Crippen LogP contribution in [0.3, 0.4) is 0 Å². The molecular weight excluding hydrogens is 304 g/mol. The lowest BCUT2D eigenvalue weighted by Crippen LogP contribution is -2.18. The van der Waals surface area contributed by atoms with E-state index in [4.69, 9.17) is 4.42 Å². The van der Waals surface area contributed by atoms with E-state index in [2.05, 4.69) is 35.1 Å². The molecule has 0 aliphatic rings. The first kappa shape index (κ1) is 13.5. The summed E-state index contributed by atoms with van der Waals surface area (Å²) in [4.78, 5) is 0. The molecule has 0 amide bonds. The lowest BCUT2D eigenvalue weighted by atomic mass is 10.2. The van der Waals surface area contributed by atoms with Crippen LogP contribution in [-0.4, -0.2) is 6.54 Å². The number of hydrogen-bond donors (Lipinski definition) is 1. The highest BCUT2D eigenvalue weighted by molar-refractivity contribution is 9.10. The normalized spacial score (nSPS) is 11.7. The summed E-state index contributed by atoms with van der Waals surface area (Å²) in [6, 6.07) is 2.83. The summed E-state index contributed by atoms with van der Waals surface area (Å²) in [6.07, 6.45) is 0. The highest BCUT2D eigenvalue weighted by atomic mass is 79.9. The third kappa shape index (κ3) is 2.72. The largest absolute Gasteiger partial charge is 0.456 e. The standard InChI is InChI=1S/C13H14BrF2NO/c1-7(2)5-17-6-8-3-9-10(14)4-11(15)12(16)13(9)18-8/h3-4,7,17H,5-6H2,1-2H3. The van der Waals surface area contributed by atoms with E-state index in [1.54, 1.807) is 6.07 Å². The molecule has 1 aromatic heterocycles. The molecule has 0 aliphatic carbocycles. The van der Waals surface area contributed by atoms with Crippen molar-refractivity contribution in [3.63, 3.8) is 0 Å². The zero-order valence-electron chi connectivity index (χ0n) is 10.2. The molecule has 1 N–H and O–H groups in total. The molecule has 0 radical (unpaired) electrons. The van der Waals surface area contributed by atoms with Gasteiger partial charge < -0.3 is 9.73 Å². The smallest absolute Gasteiger partial charge is 0.201 e. The van der Waals surface area contributed by atoms with Crippen LogP contribution >= 0.6 is 15.9 Å². The van der Waals surface area contributed by atoms with Crippen LogP contribution in [0.4, 0.5) is 8.78 Å². The highest BCUT2D eigenvalue weighted by Crippen LogP contribution is 2.31. The molecule has 0 unspecified atom stereocenters. The van der Waals surface area contributed by atoms with Crippen molar-refractivity contribution in [3.8, 4) is 0 Å². The molecule has 0 fully saturated rings. The van der Waals surface area contributed by atoms with Crippen molar-refractivity contribution in [2.24, 2.45) is 5.92 Å². The fourth-order valence-electron chi connectivity index (χ4n) is 1.71. The van der Waals surface area contributed by atoms with E-state index < -0.39 is 11.6 Å². The van der Waals surface area contributed by atoms with Gasteiger partial charge in [-0.2, -0.15) is 4.39 Å². The van der Waals surface area contributed by atoms with Crippen LogP contribution in [0.15, 0.2) is 21.0 Å². The van der Waals surface area contributed by atoms with Crippen LogP contribution in [0.1, 0.15) is 19.6 Å². The van der Waals surface area contributed by atoms with E-state index in [1.807, 2.05) is 0 Å². The average molecular weight is 318 g/mol. The summed E-state index contributed by atoms with van der Waals surface area (Å²) in [5.41, 5.74) is -0.0387. The van der Waals surface area contributed by atoms with Crippen molar-refractivity contribution in [2.75, 3.05) is 6.54 Å². The van der Waals surface area contributed by atoms with Crippen molar-refractivity contribution < 1.29 is 13.2 Å². The van der Waals surface area contributed by atoms with E-state index in [0.29, 0.717) is 28.1 Å². The van der Waals surface area contributed by atoms with Crippen LogP contribution < -0.4 is 5.32 Å². The molecule has 2 rings (SSSR count). The SMILES string of the molecule is CC(C)CNCc1cc2c(Br)cc(F)c(F)c2o1. The number of halogens is 3. The molecule has 1 aromatic carbocycles. The van der Waals surface area contributed by atoms with Gasteiger partial charge in [-0.15, -0.1) is 0 Å². The van der Waals surface area contributed by atoms with Gasteiger partial charge in [0.25, 0.3) is 0 Å². The van der Waals surface area contributed by atoms with Crippen LogP contribution in [0.25, 0.3) is 11.0 Å². The first-order valence-electron chi connectivity index (χ1n) is 5.75. The number of hydrogen-bond acceptors (Lipinski definition) is 2. The minimum absolute atomic E-state index is 0.0387. The van der Waals surface area contributed by atoms with Gasteiger partial charge in [-0.25, -0.2) is 4.39 Å². The third-order valence-electron chi connectivity index (χ3n) is 2.55. The summed E-state index contributed by atoms with van der Waals surface area (Å²) >= 11 is 3.20. The number of rotatable bonds is 4. The lowest BCUT2D eigenvalue weighted by Gasteiger charge is -2.04. The highest BCUT2D eigenvalue weighted by Gasteiger charge is 2.16. The van der Waals surface area contributed by atoms with E-state index >= 15 is 0 Å². The fraction of sp³-hybridized carbons (Fsp3) is 0.385. The fourth-order valence-corrected chi connectivity index (χ4v) is 2.21. The van der Waals surface area contributed by atoms with Crippen molar-refractivity contribution >= 4 is 26.9 Å². The Morgan fingerprint density at radius 1 is 1.33 bits per heavy atom. The monoisotopic (exact) mass is 317 g/mol. The van der Waals surface area contributed by atoms with Gasteiger partial charge in [0.15, 0.2) is 11.4 Å². The first-order valence-corrected chi connectivity index (χ1v) is 6.55. The van der Waals surface area contributed by atoms with E-state index in [9.17, 15) is 8.78 Å². The minimum atomic E-state index is -0.941. The molecule has 0 bridgehead atoms. The minimum Gasteiger partial charge on any atom is -0.456 e. The van der Waals surface area contributed by atoms with Gasteiger partial charge in [-0.05, 0) is 40.5 Å². The van der Waals surface area contributed by atoms with E-state index in [1.165, 1.54) is 0 Å². The van der Waals surface area contributed by atoms with Crippen molar-refractivity contribution in [1.29, 1.82) is 0 Å². The topological polar surface area (TPSA) is 25.2 Å². The predicted octanol–water partition coefficient (Wildman–Crippen LogP) is 4.22. The second kappa shape index (κ2) is 5.36. The zero-order chi connectivity index (χ0) is 13.3. The lowest BCUT2D eigenvalue weighted by molar-refractivity contribution is 0.459. The zero-order valence-corrected chi connectivity index (χ0v) is 11.8. The van der Waals surface area contributed by atoms with Gasteiger partial charge in [0.05, 0.1) is 6.54 Å². The Balaban J connectivity index is 2.27. The van der Waals surface area contributed by atoms with Crippen LogP contribution in [0, 0.1) is 17.6 Å². The number of furan rings is 1. The van der Waals surface area contributed by atoms with Crippen molar-refractivity contribution in [3.05, 3.63) is 34.0 Å².